The zero-order chi connectivity index (χ0) is 14.8. The van der Waals surface area contributed by atoms with Gasteiger partial charge in [-0.3, -0.25) is 14.8 Å². The van der Waals surface area contributed by atoms with Crippen molar-refractivity contribution in [2.45, 2.75) is 12.5 Å². The van der Waals surface area contributed by atoms with Gasteiger partial charge in [-0.2, -0.15) is 5.10 Å². The van der Waals surface area contributed by atoms with E-state index in [1.807, 2.05) is 0 Å². The van der Waals surface area contributed by atoms with E-state index in [-0.39, 0.29) is 12.2 Å². The number of nitro benzene ring substituents is 1. The van der Waals surface area contributed by atoms with Crippen LogP contribution in [0.25, 0.3) is 0 Å². The molecule has 0 bridgehead atoms. The maximum absolute atomic E-state index is 10.9. The summed E-state index contributed by atoms with van der Waals surface area (Å²) < 4.78 is 1.59. The van der Waals surface area contributed by atoms with Crippen molar-refractivity contribution < 1.29 is 10.0 Å². The fourth-order valence-electron chi connectivity index (χ4n) is 1.85. The molecule has 1 atom stereocenters. The molecule has 0 aliphatic heterocycles. The first kappa shape index (κ1) is 14.0. The van der Waals surface area contributed by atoms with Crippen LogP contribution in [-0.4, -0.2) is 26.4 Å². The zero-order valence-corrected chi connectivity index (χ0v) is 11.3. The van der Waals surface area contributed by atoms with Crippen molar-refractivity contribution in [3.05, 3.63) is 52.3 Å². The lowest BCUT2D eigenvalue weighted by molar-refractivity contribution is -0.384. The number of aliphatic hydroxyl groups is 1. The second-order valence-corrected chi connectivity index (χ2v) is 4.80. The minimum Gasteiger partial charge on any atom is -0.383 e. The van der Waals surface area contributed by atoms with Gasteiger partial charge >= 0.3 is 0 Å². The first-order valence-electron chi connectivity index (χ1n) is 6.09. The van der Waals surface area contributed by atoms with Crippen LogP contribution in [0.15, 0.2) is 36.7 Å². The van der Waals surface area contributed by atoms with Crippen molar-refractivity contribution in [3.63, 3.8) is 0 Å². The Morgan fingerprint density at radius 2 is 2.20 bits per heavy atom. The van der Waals surface area contributed by atoms with Gasteiger partial charge in [-0.1, -0.05) is 12.1 Å². The summed E-state index contributed by atoms with van der Waals surface area (Å²) in [5.74, 6) is 0. The number of anilines is 1. The van der Waals surface area contributed by atoms with Crippen molar-refractivity contribution >= 4 is 11.4 Å². The summed E-state index contributed by atoms with van der Waals surface area (Å²) in [7, 11) is 1.76. The van der Waals surface area contributed by atoms with Crippen LogP contribution in [-0.2, 0) is 12.6 Å². The van der Waals surface area contributed by atoms with Gasteiger partial charge in [-0.25, -0.2) is 0 Å². The van der Waals surface area contributed by atoms with Crippen molar-refractivity contribution in [2.24, 2.45) is 7.05 Å². The first-order valence-corrected chi connectivity index (χ1v) is 6.09. The Kier molecular flexibility index (Phi) is 3.71. The molecule has 2 N–H and O–H groups in total. The molecule has 20 heavy (non-hydrogen) atoms. The first-order chi connectivity index (χ1) is 9.40. The summed E-state index contributed by atoms with van der Waals surface area (Å²) in [5.41, 5.74) is -0.167. The van der Waals surface area contributed by atoms with E-state index < -0.39 is 10.5 Å². The molecule has 1 aromatic carbocycles. The van der Waals surface area contributed by atoms with E-state index in [0.29, 0.717) is 11.3 Å². The van der Waals surface area contributed by atoms with Gasteiger partial charge in [-0.05, 0) is 13.0 Å². The third kappa shape index (κ3) is 2.94. The Balaban J connectivity index is 2.14. The number of nitrogens with one attached hydrogen (secondary N) is 1. The maximum Gasteiger partial charge on any atom is 0.292 e. The molecule has 0 amide bonds. The number of aromatic nitrogens is 2. The average Bonchev–Trinajstić information content (AvgIpc) is 2.84. The van der Waals surface area contributed by atoms with Crippen molar-refractivity contribution in [1.29, 1.82) is 0 Å². The third-order valence-electron chi connectivity index (χ3n) is 3.05. The molecule has 0 saturated heterocycles. The molecule has 106 valence electrons. The second kappa shape index (κ2) is 5.30. The van der Waals surface area contributed by atoms with Gasteiger partial charge in [-0.15, -0.1) is 0 Å². The van der Waals surface area contributed by atoms with E-state index in [9.17, 15) is 15.2 Å². The quantitative estimate of drug-likeness (QED) is 0.639. The van der Waals surface area contributed by atoms with Crippen LogP contribution in [0.5, 0.6) is 0 Å². The molecule has 7 heteroatoms. The van der Waals surface area contributed by atoms with Gasteiger partial charge in [0, 0.05) is 31.4 Å². The molecular formula is C13H16N4O3. The average molecular weight is 276 g/mol. The number of nitro groups is 1. The monoisotopic (exact) mass is 276 g/mol. The molecular weight excluding hydrogens is 260 g/mol. The van der Waals surface area contributed by atoms with Crippen LogP contribution in [0.3, 0.4) is 0 Å². The summed E-state index contributed by atoms with van der Waals surface area (Å²) in [5, 5.41) is 28.2. The number of hydrogen-bond donors (Lipinski definition) is 2. The number of nitrogens with zero attached hydrogens (tertiary/aromatic N) is 3. The van der Waals surface area contributed by atoms with Gasteiger partial charge in [0.15, 0.2) is 0 Å². The largest absolute Gasteiger partial charge is 0.383 e. The van der Waals surface area contributed by atoms with E-state index in [1.54, 1.807) is 49.2 Å². The van der Waals surface area contributed by atoms with Gasteiger partial charge in [0.05, 0.1) is 11.1 Å². The molecule has 1 aromatic heterocycles. The van der Waals surface area contributed by atoms with Crippen molar-refractivity contribution in [1.82, 2.24) is 9.78 Å². The standard InChI is InChI=1S/C13H16N4O3/c1-13(18,10-7-15-16(2)8-10)9-14-11-5-3-4-6-12(11)17(19)20/h3-8,14,18H,9H2,1-2H3/t13-/m0/s1. The second-order valence-electron chi connectivity index (χ2n) is 4.80. The highest BCUT2D eigenvalue weighted by Gasteiger charge is 2.25. The molecule has 0 saturated carbocycles. The van der Waals surface area contributed by atoms with Gasteiger partial charge in [0.2, 0.25) is 0 Å². The normalized spacial score (nSPS) is 13.8. The molecule has 0 aliphatic carbocycles. The topological polar surface area (TPSA) is 93.2 Å². The van der Waals surface area contributed by atoms with Gasteiger partial charge in [0.25, 0.3) is 5.69 Å². The molecule has 0 spiro atoms. The number of para-hydroxylation sites is 2. The lowest BCUT2D eigenvalue weighted by Gasteiger charge is -2.22. The summed E-state index contributed by atoms with van der Waals surface area (Å²) in [6.45, 7) is 1.77. The Labute approximate surface area is 116 Å². The fraction of sp³-hybridized carbons (Fsp3) is 0.308. The molecule has 2 rings (SSSR count). The lowest BCUT2D eigenvalue weighted by Crippen LogP contribution is -2.30. The molecule has 0 unspecified atom stereocenters. The molecule has 7 nitrogen and oxygen atoms in total. The van der Waals surface area contributed by atoms with Crippen LogP contribution in [0, 0.1) is 10.1 Å². The molecule has 2 aromatic rings. The Morgan fingerprint density at radius 3 is 2.80 bits per heavy atom. The molecule has 0 fully saturated rings. The Morgan fingerprint density at radius 1 is 1.50 bits per heavy atom. The highest BCUT2D eigenvalue weighted by molar-refractivity contribution is 5.61. The van der Waals surface area contributed by atoms with Crippen LogP contribution >= 0.6 is 0 Å². The highest BCUT2D eigenvalue weighted by atomic mass is 16.6. The number of aryl methyl sites for hydroxylation is 1. The lowest BCUT2D eigenvalue weighted by atomic mass is 9.99. The molecule has 0 aliphatic rings. The van der Waals surface area contributed by atoms with Crippen LogP contribution in [0.1, 0.15) is 12.5 Å². The van der Waals surface area contributed by atoms with E-state index in [1.165, 1.54) is 6.07 Å². The summed E-state index contributed by atoms with van der Waals surface area (Å²) >= 11 is 0. The molecule has 0 radical (unpaired) electrons. The fourth-order valence-corrected chi connectivity index (χ4v) is 1.85. The Bertz CT molecular complexity index is 622. The molecule has 1 heterocycles. The minimum atomic E-state index is -1.17. The smallest absolute Gasteiger partial charge is 0.292 e. The maximum atomic E-state index is 10.9. The number of hydrogen-bond acceptors (Lipinski definition) is 5. The van der Waals surface area contributed by atoms with E-state index in [0.717, 1.165) is 0 Å². The highest BCUT2D eigenvalue weighted by Crippen LogP contribution is 2.26. The van der Waals surface area contributed by atoms with Gasteiger partial charge < -0.3 is 10.4 Å². The van der Waals surface area contributed by atoms with E-state index in [4.69, 9.17) is 0 Å². The minimum absolute atomic E-state index is 0.0190. The number of benzene rings is 1. The van der Waals surface area contributed by atoms with E-state index >= 15 is 0 Å². The van der Waals surface area contributed by atoms with Crippen LogP contribution < -0.4 is 5.32 Å². The zero-order valence-electron chi connectivity index (χ0n) is 11.3. The predicted octanol–water partition coefficient (Wildman–Crippen LogP) is 1.65. The SMILES string of the molecule is Cn1cc([C@@](C)(O)CNc2ccccc2[N+](=O)[O-])cn1. The summed E-state index contributed by atoms with van der Waals surface area (Å²) in [6, 6.07) is 6.33. The summed E-state index contributed by atoms with van der Waals surface area (Å²) in [6.07, 6.45) is 3.28. The predicted molar refractivity (Wildman–Crippen MR) is 74.4 cm³/mol. The third-order valence-corrected chi connectivity index (χ3v) is 3.05. The van der Waals surface area contributed by atoms with Crippen LogP contribution in [0.4, 0.5) is 11.4 Å². The Hall–Kier alpha value is -2.41. The van der Waals surface area contributed by atoms with E-state index in [2.05, 4.69) is 10.4 Å². The van der Waals surface area contributed by atoms with Crippen molar-refractivity contribution in [3.8, 4) is 0 Å². The number of rotatable bonds is 5. The summed E-state index contributed by atoms with van der Waals surface area (Å²) in [4.78, 5) is 10.5. The van der Waals surface area contributed by atoms with Gasteiger partial charge in [0.1, 0.15) is 11.3 Å². The van der Waals surface area contributed by atoms with Crippen LogP contribution in [0.2, 0.25) is 0 Å². The van der Waals surface area contributed by atoms with Crippen molar-refractivity contribution in [2.75, 3.05) is 11.9 Å².